The minimum Gasteiger partial charge on any atom is -0.331 e. The monoisotopic (exact) mass is 181 g/mol. The highest BCUT2D eigenvalue weighted by Gasteiger charge is 1.72. The third-order valence-corrected chi connectivity index (χ3v) is 0.843. The van der Waals surface area contributed by atoms with Gasteiger partial charge in [-0.2, -0.15) is 0 Å². The standard InChI is InChI=1S/C7H7.2C2H7N/c1-7-5-3-2-4-6-7;2*1-2-3/h2-6H,1H2;2*2-3H2,1H3. The van der Waals surface area contributed by atoms with Crippen molar-refractivity contribution in [3.63, 3.8) is 0 Å². The summed E-state index contributed by atoms with van der Waals surface area (Å²) >= 11 is 0. The summed E-state index contributed by atoms with van der Waals surface area (Å²) in [7, 11) is 0. The van der Waals surface area contributed by atoms with Crippen LogP contribution in [-0.4, -0.2) is 13.1 Å². The second kappa shape index (κ2) is 13.7. The quantitative estimate of drug-likeness (QED) is 0.641. The lowest BCUT2D eigenvalue weighted by molar-refractivity contribution is 1.14. The fourth-order valence-corrected chi connectivity index (χ4v) is 0.478. The van der Waals surface area contributed by atoms with Gasteiger partial charge in [-0.15, -0.1) is 0 Å². The van der Waals surface area contributed by atoms with E-state index in [2.05, 4.69) is 6.92 Å². The second-order valence-corrected chi connectivity index (χ2v) is 2.30. The van der Waals surface area contributed by atoms with E-state index in [1.807, 2.05) is 44.2 Å². The Hall–Kier alpha value is -0.860. The molecule has 1 radical (unpaired) electrons. The van der Waals surface area contributed by atoms with Gasteiger partial charge in [-0.05, 0) is 25.6 Å². The van der Waals surface area contributed by atoms with Gasteiger partial charge in [-0.1, -0.05) is 44.2 Å². The van der Waals surface area contributed by atoms with Crippen LogP contribution in [0.25, 0.3) is 0 Å². The van der Waals surface area contributed by atoms with E-state index in [1.54, 1.807) is 0 Å². The summed E-state index contributed by atoms with van der Waals surface area (Å²) in [6.45, 7) is 9.03. The highest BCUT2D eigenvalue weighted by Crippen LogP contribution is 1.92. The van der Waals surface area contributed by atoms with Crippen LogP contribution in [0, 0.1) is 6.92 Å². The summed E-state index contributed by atoms with van der Waals surface area (Å²) in [5.41, 5.74) is 10.8. The third-order valence-electron chi connectivity index (χ3n) is 0.843. The van der Waals surface area contributed by atoms with Crippen LogP contribution < -0.4 is 11.5 Å². The zero-order valence-electron chi connectivity index (χ0n) is 8.66. The van der Waals surface area contributed by atoms with E-state index in [1.165, 1.54) is 0 Å². The molecule has 0 heterocycles. The number of hydrogen-bond acceptors (Lipinski definition) is 2. The molecule has 0 atom stereocenters. The molecule has 0 aliphatic rings. The van der Waals surface area contributed by atoms with Crippen LogP contribution in [-0.2, 0) is 0 Å². The molecule has 75 valence electrons. The lowest BCUT2D eigenvalue weighted by atomic mass is 10.2. The van der Waals surface area contributed by atoms with Gasteiger partial charge in [0.15, 0.2) is 0 Å². The lowest BCUT2D eigenvalue weighted by Gasteiger charge is -1.82. The minimum atomic E-state index is 0.750. The van der Waals surface area contributed by atoms with Gasteiger partial charge in [0.2, 0.25) is 0 Å². The Kier molecular flexibility index (Phi) is 15.5. The van der Waals surface area contributed by atoms with Gasteiger partial charge in [0.1, 0.15) is 0 Å². The fraction of sp³-hybridized carbons (Fsp3) is 0.364. The number of hydrogen-bond donors (Lipinski definition) is 2. The molecular formula is C11H21N2. The highest BCUT2D eigenvalue weighted by atomic mass is 14.5. The molecule has 2 heteroatoms. The van der Waals surface area contributed by atoms with Gasteiger partial charge in [0, 0.05) is 0 Å². The van der Waals surface area contributed by atoms with Crippen LogP contribution >= 0.6 is 0 Å². The van der Waals surface area contributed by atoms with Crippen LogP contribution in [0.3, 0.4) is 0 Å². The van der Waals surface area contributed by atoms with E-state index in [4.69, 9.17) is 11.5 Å². The molecule has 0 aromatic heterocycles. The maximum atomic E-state index is 4.85. The van der Waals surface area contributed by atoms with Gasteiger partial charge < -0.3 is 11.5 Å². The summed E-state index contributed by atoms with van der Waals surface area (Å²) in [5, 5.41) is 0. The molecule has 0 aliphatic heterocycles. The Morgan fingerprint density at radius 3 is 1.46 bits per heavy atom. The third kappa shape index (κ3) is 18.3. The van der Waals surface area contributed by atoms with Gasteiger partial charge in [0.05, 0.1) is 0 Å². The number of nitrogens with two attached hydrogens (primary N) is 2. The molecule has 4 N–H and O–H groups in total. The normalized spacial score (nSPS) is 7.46. The van der Waals surface area contributed by atoms with E-state index in [0.29, 0.717) is 0 Å². The van der Waals surface area contributed by atoms with E-state index in [9.17, 15) is 0 Å². The topological polar surface area (TPSA) is 52.0 Å². The smallest absolute Gasteiger partial charge is 0.0106 e. The van der Waals surface area contributed by atoms with Gasteiger partial charge in [-0.25, -0.2) is 0 Å². The zero-order chi connectivity index (χ0) is 10.5. The van der Waals surface area contributed by atoms with Crippen molar-refractivity contribution in [2.24, 2.45) is 11.5 Å². The SMILES string of the molecule is CCN.CCN.[CH2]c1ccccc1. The van der Waals surface area contributed by atoms with Gasteiger partial charge in [0.25, 0.3) is 0 Å². The van der Waals surface area contributed by atoms with Crippen molar-refractivity contribution < 1.29 is 0 Å². The van der Waals surface area contributed by atoms with Crippen LogP contribution in [0.1, 0.15) is 19.4 Å². The largest absolute Gasteiger partial charge is 0.331 e. The minimum absolute atomic E-state index is 0.750. The Bertz CT molecular complexity index is 159. The van der Waals surface area contributed by atoms with E-state index < -0.39 is 0 Å². The molecule has 0 unspecified atom stereocenters. The first-order valence-electron chi connectivity index (χ1n) is 4.49. The van der Waals surface area contributed by atoms with Crippen molar-refractivity contribution >= 4 is 0 Å². The summed E-state index contributed by atoms with van der Waals surface area (Å²) in [6, 6.07) is 9.87. The van der Waals surface area contributed by atoms with E-state index in [0.717, 1.165) is 18.7 Å². The molecule has 1 aromatic carbocycles. The molecule has 0 fully saturated rings. The van der Waals surface area contributed by atoms with Crippen molar-refractivity contribution in [2.45, 2.75) is 13.8 Å². The highest BCUT2D eigenvalue weighted by molar-refractivity contribution is 5.16. The first kappa shape index (κ1) is 14.7. The van der Waals surface area contributed by atoms with Gasteiger partial charge >= 0.3 is 0 Å². The van der Waals surface area contributed by atoms with E-state index in [-0.39, 0.29) is 0 Å². The number of benzene rings is 1. The molecule has 0 aliphatic carbocycles. The molecular weight excluding hydrogens is 160 g/mol. The molecule has 1 rings (SSSR count). The van der Waals surface area contributed by atoms with Crippen LogP contribution in [0.4, 0.5) is 0 Å². The van der Waals surface area contributed by atoms with Crippen LogP contribution in [0.2, 0.25) is 0 Å². The predicted octanol–water partition coefficient (Wildman–Crippen LogP) is 1.80. The fourth-order valence-electron chi connectivity index (χ4n) is 0.478. The van der Waals surface area contributed by atoms with Crippen molar-refractivity contribution in [2.75, 3.05) is 13.1 Å². The maximum absolute atomic E-state index is 4.85. The predicted molar refractivity (Wildman–Crippen MR) is 60.4 cm³/mol. The van der Waals surface area contributed by atoms with Crippen molar-refractivity contribution in [3.8, 4) is 0 Å². The van der Waals surface area contributed by atoms with Crippen LogP contribution in [0.5, 0.6) is 0 Å². The molecule has 2 nitrogen and oxygen atoms in total. The average molecular weight is 181 g/mol. The molecule has 1 aromatic rings. The van der Waals surface area contributed by atoms with Crippen molar-refractivity contribution in [3.05, 3.63) is 42.8 Å². The molecule has 0 saturated heterocycles. The summed E-state index contributed by atoms with van der Waals surface area (Å²) in [6.07, 6.45) is 0. The summed E-state index contributed by atoms with van der Waals surface area (Å²) in [5.74, 6) is 0. The lowest BCUT2D eigenvalue weighted by Crippen LogP contribution is -1.87. The molecule has 0 amide bonds. The Morgan fingerprint density at radius 1 is 1.00 bits per heavy atom. The Morgan fingerprint density at radius 2 is 1.31 bits per heavy atom. The summed E-state index contributed by atoms with van der Waals surface area (Å²) < 4.78 is 0. The maximum Gasteiger partial charge on any atom is -0.0106 e. The first-order chi connectivity index (χ1) is 6.22. The zero-order valence-corrected chi connectivity index (χ0v) is 8.66. The summed E-state index contributed by atoms with van der Waals surface area (Å²) in [4.78, 5) is 0. The number of rotatable bonds is 0. The molecule has 0 saturated carbocycles. The van der Waals surface area contributed by atoms with Crippen molar-refractivity contribution in [1.82, 2.24) is 0 Å². The van der Waals surface area contributed by atoms with Gasteiger partial charge in [-0.3, -0.25) is 0 Å². The first-order valence-corrected chi connectivity index (χ1v) is 4.49. The molecule has 13 heavy (non-hydrogen) atoms. The molecule has 0 spiro atoms. The van der Waals surface area contributed by atoms with E-state index >= 15 is 0 Å². The van der Waals surface area contributed by atoms with Crippen molar-refractivity contribution in [1.29, 1.82) is 0 Å². The Balaban J connectivity index is 0. The molecule has 0 bridgehead atoms. The van der Waals surface area contributed by atoms with Crippen LogP contribution in [0.15, 0.2) is 30.3 Å². The Labute approximate surface area is 81.9 Å². The average Bonchev–Trinajstić information content (AvgIpc) is 2.08. The second-order valence-electron chi connectivity index (χ2n) is 2.30.